The average Bonchev–Trinajstić information content (AvgIpc) is 2.41. The van der Waals surface area contributed by atoms with Crippen LogP contribution in [-0.4, -0.2) is 60.4 Å². The molecule has 0 bridgehead atoms. The molecule has 0 radical (unpaired) electrons. The second-order valence-electron chi connectivity index (χ2n) is 4.66. The Morgan fingerprint density at radius 1 is 1.24 bits per heavy atom. The Hall–Kier alpha value is -1.14. The number of nitrogens with zero attached hydrogens (tertiary/aromatic N) is 2. The third-order valence-corrected chi connectivity index (χ3v) is 2.82. The standard InChI is InChI=1S/C11H22N4O2/c1-9(12)7-11(17)15-4-2-3-14(5-6-15)8-10(13)16/h9H,2-8,12H2,1H3,(H2,13,16). The molecule has 1 atom stereocenters. The van der Waals surface area contributed by atoms with Gasteiger partial charge in [0.2, 0.25) is 11.8 Å². The smallest absolute Gasteiger partial charge is 0.231 e. The molecule has 0 aliphatic carbocycles. The molecule has 0 aromatic rings. The van der Waals surface area contributed by atoms with E-state index in [0.717, 1.165) is 19.5 Å². The number of carbonyl (C=O) groups is 2. The highest BCUT2D eigenvalue weighted by Gasteiger charge is 2.20. The van der Waals surface area contributed by atoms with Gasteiger partial charge in [0, 0.05) is 38.6 Å². The highest BCUT2D eigenvalue weighted by atomic mass is 16.2. The molecule has 0 aromatic carbocycles. The molecular formula is C11H22N4O2. The van der Waals surface area contributed by atoms with Crippen molar-refractivity contribution in [3.8, 4) is 0 Å². The van der Waals surface area contributed by atoms with Gasteiger partial charge in [-0.05, 0) is 13.3 Å². The van der Waals surface area contributed by atoms with E-state index in [1.54, 1.807) is 0 Å². The zero-order valence-electron chi connectivity index (χ0n) is 10.4. The van der Waals surface area contributed by atoms with E-state index in [-0.39, 0.29) is 24.4 Å². The number of amides is 2. The molecule has 0 spiro atoms. The summed E-state index contributed by atoms with van der Waals surface area (Å²) < 4.78 is 0. The Balaban J connectivity index is 2.41. The van der Waals surface area contributed by atoms with Crippen LogP contribution < -0.4 is 11.5 Å². The highest BCUT2D eigenvalue weighted by Crippen LogP contribution is 2.05. The predicted molar refractivity (Wildman–Crippen MR) is 65.1 cm³/mol. The van der Waals surface area contributed by atoms with Crippen molar-refractivity contribution in [2.75, 3.05) is 32.7 Å². The largest absolute Gasteiger partial charge is 0.369 e. The van der Waals surface area contributed by atoms with Gasteiger partial charge in [0.1, 0.15) is 0 Å². The van der Waals surface area contributed by atoms with Crippen molar-refractivity contribution in [3.63, 3.8) is 0 Å². The first-order chi connectivity index (χ1) is 7.99. The number of nitrogens with two attached hydrogens (primary N) is 2. The summed E-state index contributed by atoms with van der Waals surface area (Å²) in [6.45, 7) is 5.00. The normalized spacial score (nSPS) is 19.8. The molecule has 4 N–H and O–H groups in total. The summed E-state index contributed by atoms with van der Waals surface area (Å²) in [5, 5.41) is 0. The fourth-order valence-electron chi connectivity index (χ4n) is 2.00. The van der Waals surface area contributed by atoms with Gasteiger partial charge in [0.15, 0.2) is 0 Å². The molecule has 1 saturated heterocycles. The quantitative estimate of drug-likeness (QED) is 0.644. The molecule has 0 aromatic heterocycles. The molecule has 17 heavy (non-hydrogen) atoms. The van der Waals surface area contributed by atoms with Gasteiger partial charge in [-0.3, -0.25) is 14.5 Å². The maximum atomic E-state index is 11.8. The lowest BCUT2D eigenvalue weighted by atomic mass is 10.2. The van der Waals surface area contributed by atoms with Gasteiger partial charge in [-0.1, -0.05) is 0 Å². The van der Waals surface area contributed by atoms with E-state index in [1.165, 1.54) is 0 Å². The topological polar surface area (TPSA) is 92.7 Å². The number of rotatable bonds is 4. The van der Waals surface area contributed by atoms with Crippen LogP contribution in [0, 0.1) is 0 Å². The van der Waals surface area contributed by atoms with Gasteiger partial charge in [0.25, 0.3) is 0 Å². The van der Waals surface area contributed by atoms with Crippen molar-refractivity contribution < 1.29 is 9.59 Å². The first kappa shape index (κ1) is 13.9. The molecular weight excluding hydrogens is 220 g/mol. The van der Waals surface area contributed by atoms with Crippen molar-refractivity contribution in [2.45, 2.75) is 25.8 Å². The summed E-state index contributed by atoms with van der Waals surface area (Å²) in [7, 11) is 0. The lowest BCUT2D eigenvalue weighted by molar-refractivity contribution is -0.131. The summed E-state index contributed by atoms with van der Waals surface area (Å²) >= 11 is 0. The first-order valence-corrected chi connectivity index (χ1v) is 6.03. The van der Waals surface area contributed by atoms with Crippen molar-refractivity contribution in [1.82, 2.24) is 9.80 Å². The minimum atomic E-state index is -0.319. The van der Waals surface area contributed by atoms with Crippen molar-refractivity contribution in [1.29, 1.82) is 0 Å². The molecule has 1 heterocycles. The van der Waals surface area contributed by atoms with Crippen LogP contribution in [-0.2, 0) is 9.59 Å². The van der Waals surface area contributed by atoms with Crippen molar-refractivity contribution in [3.05, 3.63) is 0 Å². The summed E-state index contributed by atoms with van der Waals surface area (Å²) in [6.07, 6.45) is 1.26. The molecule has 0 saturated carbocycles. The molecule has 1 rings (SSSR count). The number of hydrogen-bond acceptors (Lipinski definition) is 4. The lowest BCUT2D eigenvalue weighted by Crippen LogP contribution is -2.39. The summed E-state index contributed by atoms with van der Waals surface area (Å²) in [4.78, 5) is 26.5. The van der Waals surface area contributed by atoms with E-state index in [2.05, 4.69) is 0 Å². The monoisotopic (exact) mass is 242 g/mol. The minimum Gasteiger partial charge on any atom is -0.369 e. The van der Waals surface area contributed by atoms with E-state index < -0.39 is 0 Å². The molecule has 1 aliphatic heterocycles. The fourth-order valence-corrected chi connectivity index (χ4v) is 2.00. The van der Waals surface area contributed by atoms with Crippen LogP contribution in [0.2, 0.25) is 0 Å². The third kappa shape index (κ3) is 5.14. The average molecular weight is 242 g/mol. The molecule has 2 amide bonds. The Morgan fingerprint density at radius 2 is 1.94 bits per heavy atom. The zero-order chi connectivity index (χ0) is 12.8. The van der Waals surface area contributed by atoms with Gasteiger partial charge in [-0.2, -0.15) is 0 Å². The minimum absolute atomic E-state index is 0.0981. The van der Waals surface area contributed by atoms with Gasteiger partial charge < -0.3 is 16.4 Å². The van der Waals surface area contributed by atoms with E-state index in [1.807, 2.05) is 16.7 Å². The molecule has 6 heteroatoms. The van der Waals surface area contributed by atoms with Crippen LogP contribution in [0.5, 0.6) is 0 Å². The van der Waals surface area contributed by atoms with Crippen LogP contribution in [0.1, 0.15) is 19.8 Å². The van der Waals surface area contributed by atoms with Crippen LogP contribution >= 0.6 is 0 Å². The maximum Gasteiger partial charge on any atom is 0.231 e. The molecule has 1 fully saturated rings. The summed E-state index contributed by atoms with van der Waals surface area (Å²) in [5.41, 5.74) is 10.8. The Morgan fingerprint density at radius 3 is 2.53 bits per heavy atom. The SMILES string of the molecule is CC(N)CC(=O)N1CCCN(CC(N)=O)CC1. The van der Waals surface area contributed by atoms with Crippen LogP contribution in [0.25, 0.3) is 0 Å². The number of primary amides is 1. The lowest BCUT2D eigenvalue weighted by Gasteiger charge is -2.22. The number of carbonyl (C=O) groups excluding carboxylic acids is 2. The Bertz CT molecular complexity index is 281. The Kier molecular flexibility index (Phi) is 5.37. The van der Waals surface area contributed by atoms with Crippen LogP contribution in [0.15, 0.2) is 0 Å². The van der Waals surface area contributed by atoms with E-state index in [0.29, 0.717) is 19.5 Å². The molecule has 1 aliphatic rings. The summed E-state index contributed by atoms with van der Waals surface area (Å²) in [5.74, 6) is -0.221. The van der Waals surface area contributed by atoms with Gasteiger partial charge >= 0.3 is 0 Å². The molecule has 1 unspecified atom stereocenters. The fraction of sp³-hybridized carbons (Fsp3) is 0.818. The van der Waals surface area contributed by atoms with Gasteiger partial charge in [-0.25, -0.2) is 0 Å². The summed E-state index contributed by atoms with van der Waals surface area (Å²) in [6, 6.07) is -0.104. The highest BCUT2D eigenvalue weighted by molar-refractivity contribution is 5.77. The first-order valence-electron chi connectivity index (χ1n) is 6.03. The van der Waals surface area contributed by atoms with Crippen LogP contribution in [0.4, 0.5) is 0 Å². The zero-order valence-corrected chi connectivity index (χ0v) is 10.4. The second kappa shape index (κ2) is 6.56. The van der Waals surface area contributed by atoms with Crippen molar-refractivity contribution in [2.24, 2.45) is 11.5 Å². The third-order valence-electron chi connectivity index (χ3n) is 2.82. The molecule has 6 nitrogen and oxygen atoms in total. The van der Waals surface area contributed by atoms with Crippen molar-refractivity contribution >= 4 is 11.8 Å². The van der Waals surface area contributed by atoms with E-state index >= 15 is 0 Å². The van der Waals surface area contributed by atoms with E-state index in [9.17, 15) is 9.59 Å². The number of hydrogen-bond donors (Lipinski definition) is 2. The Labute approximate surface area is 102 Å². The maximum absolute atomic E-state index is 11.8. The molecule has 98 valence electrons. The second-order valence-corrected chi connectivity index (χ2v) is 4.66. The van der Waals surface area contributed by atoms with E-state index in [4.69, 9.17) is 11.5 Å². The van der Waals surface area contributed by atoms with Crippen LogP contribution in [0.3, 0.4) is 0 Å². The van der Waals surface area contributed by atoms with Gasteiger partial charge in [-0.15, -0.1) is 0 Å². The van der Waals surface area contributed by atoms with Gasteiger partial charge in [0.05, 0.1) is 6.54 Å². The predicted octanol–water partition coefficient (Wildman–Crippen LogP) is -1.26.